The van der Waals surface area contributed by atoms with Crippen molar-refractivity contribution in [3.8, 4) is 22.6 Å². The maximum absolute atomic E-state index is 11.8. The van der Waals surface area contributed by atoms with Crippen molar-refractivity contribution in [2.75, 3.05) is 5.73 Å². The lowest BCUT2D eigenvalue weighted by atomic mass is 9.95. The van der Waals surface area contributed by atoms with E-state index in [0.29, 0.717) is 0 Å². The number of H-pyrrole nitrogens is 1. The van der Waals surface area contributed by atoms with Crippen molar-refractivity contribution in [3.05, 3.63) is 39.7 Å². The number of phenols is 2. The highest BCUT2D eigenvalue weighted by Gasteiger charge is 2.26. The van der Waals surface area contributed by atoms with Crippen LogP contribution in [0.5, 0.6) is 11.5 Å². The second kappa shape index (κ2) is 5.13. The van der Waals surface area contributed by atoms with Crippen molar-refractivity contribution in [1.29, 1.82) is 0 Å². The quantitative estimate of drug-likeness (QED) is 0.442. The molecule has 0 saturated heterocycles. The Balaban J connectivity index is 2.98. The fourth-order valence-electron chi connectivity index (χ4n) is 2.01. The Morgan fingerprint density at radius 3 is 2.09 bits per heavy atom. The van der Waals surface area contributed by atoms with E-state index in [1.165, 1.54) is 0 Å². The van der Waals surface area contributed by atoms with Gasteiger partial charge in [0.2, 0.25) is 0 Å². The van der Waals surface area contributed by atoms with Crippen molar-refractivity contribution >= 4 is 17.8 Å². The predicted octanol–water partition coefficient (Wildman–Crippen LogP) is 0.432. The Morgan fingerprint density at radius 2 is 1.59 bits per heavy atom. The van der Waals surface area contributed by atoms with Gasteiger partial charge >= 0.3 is 11.9 Å². The van der Waals surface area contributed by atoms with Crippen LogP contribution in [0.25, 0.3) is 11.1 Å². The number of nitrogen functional groups attached to an aromatic ring is 1. The van der Waals surface area contributed by atoms with Gasteiger partial charge < -0.3 is 31.1 Å². The molecule has 1 heterocycles. The summed E-state index contributed by atoms with van der Waals surface area (Å²) in [5, 5.41) is 37.2. The van der Waals surface area contributed by atoms with Crippen molar-refractivity contribution in [2.45, 2.75) is 0 Å². The monoisotopic (exact) mass is 306 g/mol. The third-order valence-corrected chi connectivity index (χ3v) is 2.94. The topological polar surface area (TPSA) is 174 Å². The molecule has 7 N–H and O–H groups in total. The molecule has 114 valence electrons. The summed E-state index contributed by atoms with van der Waals surface area (Å²) in [7, 11) is 0. The largest absolute Gasteiger partial charge is 0.504 e. The van der Waals surface area contributed by atoms with E-state index in [1.807, 2.05) is 4.98 Å². The highest BCUT2D eigenvalue weighted by Crippen LogP contribution is 2.34. The van der Waals surface area contributed by atoms with E-state index in [2.05, 4.69) is 0 Å². The Hall–Kier alpha value is -3.49. The number of aromatic nitrogens is 1. The molecule has 0 amide bonds. The van der Waals surface area contributed by atoms with Crippen molar-refractivity contribution in [3.63, 3.8) is 0 Å². The van der Waals surface area contributed by atoms with Crippen LogP contribution in [0.1, 0.15) is 20.7 Å². The van der Waals surface area contributed by atoms with E-state index < -0.39 is 51.5 Å². The molecule has 2 rings (SSSR count). The smallest absolute Gasteiger partial charge is 0.342 e. The van der Waals surface area contributed by atoms with Gasteiger partial charge in [-0.3, -0.25) is 4.79 Å². The van der Waals surface area contributed by atoms with Crippen LogP contribution in [0.15, 0.2) is 23.0 Å². The second-order valence-electron chi connectivity index (χ2n) is 4.31. The number of aromatic hydroxyl groups is 2. The molecule has 0 bridgehead atoms. The Bertz CT molecular complexity index is 854. The normalized spacial score (nSPS) is 10.4. The summed E-state index contributed by atoms with van der Waals surface area (Å²) in [6, 6.07) is 3.11. The van der Waals surface area contributed by atoms with E-state index >= 15 is 0 Å². The molecule has 0 aliphatic carbocycles. The van der Waals surface area contributed by atoms with Crippen LogP contribution in [0.2, 0.25) is 0 Å². The summed E-state index contributed by atoms with van der Waals surface area (Å²) >= 11 is 0. The number of hydrogen-bond donors (Lipinski definition) is 6. The third-order valence-electron chi connectivity index (χ3n) is 2.94. The molecular weight excluding hydrogens is 296 g/mol. The number of carboxylic acids is 2. The molecule has 1 aromatic heterocycles. The number of pyridine rings is 1. The number of phenolic OH excluding ortho intramolecular Hbond substituents is 2. The van der Waals surface area contributed by atoms with E-state index in [4.69, 9.17) is 10.8 Å². The van der Waals surface area contributed by atoms with Crippen LogP contribution in [-0.2, 0) is 0 Å². The standard InChI is InChI=1S/C13H10N2O7/c14-10-8(12(19)20)7(9(13(21)22)11(18)15-10)4-1-2-5(16)6(17)3-4/h1-3,16-17H,(H,19,20)(H,21,22)(H3,14,15,18). The van der Waals surface area contributed by atoms with Crippen LogP contribution in [-0.4, -0.2) is 37.3 Å². The molecule has 0 unspecified atom stereocenters. The van der Waals surface area contributed by atoms with Gasteiger partial charge in [-0.1, -0.05) is 6.07 Å². The van der Waals surface area contributed by atoms with E-state index in [1.54, 1.807) is 0 Å². The molecule has 22 heavy (non-hydrogen) atoms. The van der Waals surface area contributed by atoms with Gasteiger partial charge in [0.15, 0.2) is 11.5 Å². The molecule has 9 heteroatoms. The number of hydrogen-bond acceptors (Lipinski definition) is 6. The van der Waals surface area contributed by atoms with Crippen molar-refractivity contribution in [1.82, 2.24) is 4.98 Å². The zero-order valence-electron chi connectivity index (χ0n) is 10.8. The lowest BCUT2D eigenvalue weighted by Crippen LogP contribution is -2.24. The highest BCUT2D eigenvalue weighted by molar-refractivity contribution is 6.07. The maximum Gasteiger partial charge on any atom is 0.342 e. The summed E-state index contributed by atoms with van der Waals surface area (Å²) in [6.45, 7) is 0. The van der Waals surface area contributed by atoms with Gasteiger partial charge in [-0.15, -0.1) is 0 Å². The fraction of sp³-hybridized carbons (Fsp3) is 0. The van der Waals surface area contributed by atoms with E-state index in [0.717, 1.165) is 18.2 Å². The molecule has 0 saturated carbocycles. The molecule has 2 aromatic rings. The van der Waals surface area contributed by atoms with Gasteiger partial charge in [0.05, 0.1) is 0 Å². The number of aromatic amines is 1. The van der Waals surface area contributed by atoms with Crippen LogP contribution in [0.3, 0.4) is 0 Å². The lowest BCUT2D eigenvalue weighted by molar-refractivity contribution is 0.0695. The zero-order chi connectivity index (χ0) is 16.6. The summed E-state index contributed by atoms with van der Waals surface area (Å²) in [6.07, 6.45) is 0. The Kier molecular flexibility index (Phi) is 3.47. The minimum atomic E-state index is -1.66. The van der Waals surface area contributed by atoms with Gasteiger partial charge in [-0.25, -0.2) is 9.59 Å². The van der Waals surface area contributed by atoms with Gasteiger partial charge in [-0.2, -0.15) is 0 Å². The third kappa shape index (κ3) is 2.30. The number of nitrogens with one attached hydrogen (secondary N) is 1. The average molecular weight is 306 g/mol. The molecular formula is C13H10N2O7. The first-order valence-corrected chi connectivity index (χ1v) is 5.78. The molecule has 0 fully saturated rings. The fourth-order valence-corrected chi connectivity index (χ4v) is 2.01. The Morgan fingerprint density at radius 1 is 1.00 bits per heavy atom. The summed E-state index contributed by atoms with van der Waals surface area (Å²) < 4.78 is 0. The number of aromatic carboxylic acids is 2. The Labute approximate surface area is 121 Å². The van der Waals surface area contributed by atoms with Gasteiger partial charge in [-0.05, 0) is 17.7 Å². The van der Waals surface area contributed by atoms with Gasteiger partial charge in [0.25, 0.3) is 5.56 Å². The minimum Gasteiger partial charge on any atom is -0.504 e. The molecule has 0 aliphatic rings. The summed E-state index contributed by atoms with van der Waals surface area (Å²) in [5.41, 5.74) is 2.36. The lowest BCUT2D eigenvalue weighted by Gasteiger charge is -2.12. The first-order valence-electron chi connectivity index (χ1n) is 5.78. The van der Waals surface area contributed by atoms with E-state index in [-0.39, 0.29) is 5.56 Å². The van der Waals surface area contributed by atoms with Gasteiger partial charge in [0.1, 0.15) is 16.9 Å². The van der Waals surface area contributed by atoms with Crippen molar-refractivity contribution in [2.24, 2.45) is 0 Å². The molecule has 1 aromatic carbocycles. The van der Waals surface area contributed by atoms with Crippen LogP contribution in [0.4, 0.5) is 5.82 Å². The van der Waals surface area contributed by atoms with Crippen LogP contribution < -0.4 is 11.3 Å². The first kappa shape index (κ1) is 14.9. The molecule has 0 atom stereocenters. The number of carbonyl (C=O) groups is 2. The van der Waals surface area contributed by atoms with E-state index in [9.17, 15) is 29.7 Å². The first-order chi connectivity index (χ1) is 10.2. The second-order valence-corrected chi connectivity index (χ2v) is 4.31. The molecule has 0 aliphatic heterocycles. The number of anilines is 1. The molecule has 0 radical (unpaired) electrons. The van der Waals surface area contributed by atoms with Crippen molar-refractivity contribution < 1.29 is 30.0 Å². The molecule has 9 nitrogen and oxygen atoms in total. The highest BCUT2D eigenvalue weighted by atomic mass is 16.4. The summed E-state index contributed by atoms with van der Waals surface area (Å²) in [4.78, 5) is 36.4. The number of carboxylic acid groups (broad SMARTS) is 2. The molecule has 0 spiro atoms. The average Bonchev–Trinajstić information content (AvgIpc) is 2.39. The minimum absolute atomic E-state index is 0.0945. The van der Waals surface area contributed by atoms with Crippen LogP contribution in [0, 0.1) is 0 Å². The summed E-state index contributed by atoms with van der Waals surface area (Å²) in [5.74, 6) is -4.84. The number of benzene rings is 1. The predicted molar refractivity (Wildman–Crippen MR) is 74.2 cm³/mol. The maximum atomic E-state index is 11.8. The van der Waals surface area contributed by atoms with Gasteiger partial charge in [0, 0.05) is 5.56 Å². The number of rotatable bonds is 3. The number of nitrogens with two attached hydrogens (primary N) is 1. The SMILES string of the molecule is Nc1[nH]c(=O)c(C(=O)O)c(-c2ccc(O)c(O)c2)c1C(=O)O. The zero-order valence-corrected chi connectivity index (χ0v) is 10.8. The van der Waals surface area contributed by atoms with Crippen LogP contribution >= 0.6 is 0 Å².